The first-order valence-corrected chi connectivity index (χ1v) is 7.27. The van der Waals surface area contributed by atoms with E-state index >= 15 is 0 Å². The molecule has 5 heteroatoms. The fourth-order valence-electron chi connectivity index (χ4n) is 1.65. The van der Waals surface area contributed by atoms with Gasteiger partial charge in [-0.2, -0.15) is 0 Å². The quantitative estimate of drug-likeness (QED) is 0.800. The Kier molecular flexibility index (Phi) is 3.86. The van der Waals surface area contributed by atoms with Crippen LogP contribution >= 0.6 is 50.5 Å². The van der Waals surface area contributed by atoms with E-state index in [0.717, 1.165) is 4.47 Å². The number of rotatable bonds is 2. The van der Waals surface area contributed by atoms with Gasteiger partial charge in [0, 0.05) is 15.1 Å². The Morgan fingerprint density at radius 2 is 1.94 bits per heavy atom. The number of halogens is 3. The van der Waals surface area contributed by atoms with Gasteiger partial charge in [-0.3, -0.25) is 0 Å². The molecule has 0 radical (unpaired) electrons. The van der Waals surface area contributed by atoms with Crippen molar-refractivity contribution >= 4 is 50.5 Å². The van der Waals surface area contributed by atoms with Gasteiger partial charge in [-0.1, -0.05) is 45.2 Å². The molecular formula is C12H9BrCl2OS. The Bertz CT molecular complexity index is 551. The topological polar surface area (TPSA) is 20.2 Å². The minimum Gasteiger partial charge on any atom is -0.380 e. The molecule has 1 aromatic carbocycles. The van der Waals surface area contributed by atoms with Crippen molar-refractivity contribution in [3.05, 3.63) is 54.6 Å². The third kappa shape index (κ3) is 2.54. The van der Waals surface area contributed by atoms with Crippen LogP contribution in [0.4, 0.5) is 0 Å². The van der Waals surface area contributed by atoms with E-state index < -0.39 is 5.60 Å². The van der Waals surface area contributed by atoms with Gasteiger partial charge in [0.2, 0.25) is 0 Å². The van der Waals surface area contributed by atoms with E-state index in [2.05, 4.69) is 15.9 Å². The lowest BCUT2D eigenvalue weighted by Crippen LogP contribution is -2.22. The van der Waals surface area contributed by atoms with Gasteiger partial charge in [0.15, 0.2) is 0 Å². The minimum absolute atomic E-state index is 0.508. The van der Waals surface area contributed by atoms with Gasteiger partial charge in [-0.15, -0.1) is 11.3 Å². The molecule has 0 saturated heterocycles. The highest BCUT2D eigenvalue weighted by Crippen LogP contribution is 2.40. The van der Waals surface area contributed by atoms with Gasteiger partial charge in [0.25, 0.3) is 0 Å². The summed E-state index contributed by atoms with van der Waals surface area (Å²) in [6.45, 7) is 1.69. The summed E-state index contributed by atoms with van der Waals surface area (Å²) in [7, 11) is 0. The number of hydrogen-bond acceptors (Lipinski definition) is 2. The van der Waals surface area contributed by atoms with Crippen LogP contribution in [0.5, 0.6) is 0 Å². The Morgan fingerprint density at radius 1 is 1.24 bits per heavy atom. The standard InChI is InChI=1S/C12H9BrCl2OS/c1-12(16,11-9(14)4-5-17-11)8-3-2-7(13)6-10(8)15/h2-6,16H,1H3. The van der Waals surface area contributed by atoms with Crippen molar-refractivity contribution in [2.75, 3.05) is 0 Å². The summed E-state index contributed by atoms with van der Waals surface area (Å²) in [5.74, 6) is 0. The lowest BCUT2D eigenvalue weighted by molar-refractivity contribution is 0.106. The molecule has 1 N–H and O–H groups in total. The second kappa shape index (κ2) is 4.90. The summed E-state index contributed by atoms with van der Waals surface area (Å²) in [5, 5.41) is 13.5. The van der Waals surface area contributed by atoms with Crippen molar-refractivity contribution in [3.8, 4) is 0 Å². The molecule has 0 aliphatic carbocycles. The number of hydrogen-bond donors (Lipinski definition) is 1. The largest absolute Gasteiger partial charge is 0.380 e. The average Bonchev–Trinajstić information content (AvgIpc) is 2.64. The molecule has 1 atom stereocenters. The van der Waals surface area contributed by atoms with E-state index in [0.29, 0.717) is 20.5 Å². The van der Waals surface area contributed by atoms with Gasteiger partial charge < -0.3 is 5.11 Å². The molecule has 1 unspecified atom stereocenters. The first-order chi connectivity index (χ1) is 7.93. The lowest BCUT2D eigenvalue weighted by atomic mass is 9.94. The van der Waals surface area contributed by atoms with Crippen LogP contribution in [0.15, 0.2) is 34.1 Å². The Hall–Kier alpha value is -0.0600. The molecule has 1 heterocycles. The summed E-state index contributed by atoms with van der Waals surface area (Å²) in [6, 6.07) is 7.16. The molecule has 2 aromatic rings. The molecule has 0 amide bonds. The minimum atomic E-state index is -1.18. The fraction of sp³-hybridized carbons (Fsp3) is 0.167. The van der Waals surface area contributed by atoms with Crippen LogP contribution in [0.25, 0.3) is 0 Å². The van der Waals surface area contributed by atoms with Crippen LogP contribution in [0.3, 0.4) is 0 Å². The first-order valence-electron chi connectivity index (χ1n) is 4.84. The lowest BCUT2D eigenvalue weighted by Gasteiger charge is -2.24. The molecule has 1 aromatic heterocycles. The highest BCUT2D eigenvalue weighted by molar-refractivity contribution is 9.10. The molecule has 0 fully saturated rings. The fourth-order valence-corrected chi connectivity index (χ4v) is 3.82. The van der Waals surface area contributed by atoms with Crippen LogP contribution < -0.4 is 0 Å². The van der Waals surface area contributed by atoms with Crippen molar-refractivity contribution in [2.24, 2.45) is 0 Å². The third-order valence-electron chi connectivity index (χ3n) is 2.51. The summed E-state index contributed by atoms with van der Waals surface area (Å²) >= 11 is 17.0. The number of benzene rings is 1. The van der Waals surface area contributed by atoms with Gasteiger partial charge in [-0.25, -0.2) is 0 Å². The van der Waals surface area contributed by atoms with Crippen LogP contribution in [-0.2, 0) is 5.60 Å². The van der Waals surface area contributed by atoms with Crippen molar-refractivity contribution < 1.29 is 5.11 Å². The highest BCUT2D eigenvalue weighted by Gasteiger charge is 2.31. The van der Waals surface area contributed by atoms with E-state index in [-0.39, 0.29) is 0 Å². The van der Waals surface area contributed by atoms with Gasteiger partial charge in [-0.05, 0) is 30.5 Å². The van der Waals surface area contributed by atoms with E-state index in [1.165, 1.54) is 11.3 Å². The zero-order chi connectivity index (χ0) is 12.6. The zero-order valence-corrected chi connectivity index (χ0v) is 12.8. The molecule has 0 saturated carbocycles. The van der Waals surface area contributed by atoms with Gasteiger partial charge in [0.05, 0.1) is 9.90 Å². The molecule has 17 heavy (non-hydrogen) atoms. The highest BCUT2D eigenvalue weighted by atomic mass is 79.9. The second-order valence-corrected chi connectivity index (χ2v) is 6.44. The summed E-state index contributed by atoms with van der Waals surface area (Å²) < 4.78 is 0.874. The monoisotopic (exact) mass is 350 g/mol. The van der Waals surface area contributed by atoms with Crippen LogP contribution in [-0.4, -0.2) is 5.11 Å². The molecule has 90 valence electrons. The van der Waals surface area contributed by atoms with E-state index in [4.69, 9.17) is 23.2 Å². The van der Waals surface area contributed by atoms with Crippen molar-refractivity contribution in [2.45, 2.75) is 12.5 Å². The first kappa shape index (κ1) is 13.4. The normalized spacial score (nSPS) is 14.6. The Morgan fingerprint density at radius 3 is 2.47 bits per heavy atom. The SMILES string of the molecule is CC(O)(c1ccc(Br)cc1Cl)c1sccc1Cl. The Balaban J connectivity index is 2.55. The summed E-state index contributed by atoms with van der Waals surface area (Å²) in [5.41, 5.74) is -0.532. The smallest absolute Gasteiger partial charge is 0.124 e. The molecule has 0 spiro atoms. The van der Waals surface area contributed by atoms with Crippen molar-refractivity contribution in [3.63, 3.8) is 0 Å². The van der Waals surface area contributed by atoms with Crippen molar-refractivity contribution in [1.29, 1.82) is 0 Å². The second-order valence-electron chi connectivity index (χ2n) is 3.79. The molecule has 0 bridgehead atoms. The number of aliphatic hydroxyl groups is 1. The molecule has 0 aliphatic heterocycles. The predicted octanol–water partition coefficient (Wildman–Crippen LogP) is 5.07. The number of thiophene rings is 1. The zero-order valence-electron chi connectivity index (χ0n) is 8.88. The predicted molar refractivity (Wildman–Crippen MR) is 77.2 cm³/mol. The molecular weight excluding hydrogens is 343 g/mol. The van der Waals surface area contributed by atoms with Gasteiger partial charge in [0.1, 0.15) is 5.60 Å². The molecule has 1 nitrogen and oxygen atoms in total. The third-order valence-corrected chi connectivity index (χ3v) is 4.87. The maximum atomic E-state index is 10.6. The maximum absolute atomic E-state index is 10.6. The van der Waals surface area contributed by atoms with E-state index in [1.807, 2.05) is 11.4 Å². The van der Waals surface area contributed by atoms with E-state index in [1.54, 1.807) is 25.1 Å². The Labute approximate surface area is 122 Å². The summed E-state index contributed by atoms with van der Waals surface area (Å²) in [6.07, 6.45) is 0. The molecule has 0 aliphatic rings. The van der Waals surface area contributed by atoms with Crippen LogP contribution in [0, 0.1) is 0 Å². The van der Waals surface area contributed by atoms with Crippen LogP contribution in [0.1, 0.15) is 17.4 Å². The van der Waals surface area contributed by atoms with Crippen molar-refractivity contribution in [1.82, 2.24) is 0 Å². The van der Waals surface area contributed by atoms with Gasteiger partial charge >= 0.3 is 0 Å². The van der Waals surface area contributed by atoms with E-state index in [9.17, 15) is 5.11 Å². The summed E-state index contributed by atoms with van der Waals surface area (Å²) in [4.78, 5) is 0.698. The molecule has 2 rings (SSSR count). The average molecular weight is 352 g/mol. The maximum Gasteiger partial charge on any atom is 0.124 e. The van der Waals surface area contributed by atoms with Crippen LogP contribution in [0.2, 0.25) is 10.0 Å².